The minimum atomic E-state index is -0.0125. The van der Waals surface area contributed by atoms with Gasteiger partial charge in [-0.15, -0.1) is 0 Å². The molecule has 4 bridgehead atoms. The SMILES string of the molecule is Cc1ccccc1N(c1ccc2c(c1)C1(c3cc(N(c4ccccc4)c4cccc5ccccc45)ccc3-2)C2CC3CC(C2)CC1C3)c1cccc2ccccc12. The highest BCUT2D eigenvalue weighted by Gasteiger charge is 2.61. The van der Waals surface area contributed by atoms with Crippen LogP contribution in [0.4, 0.5) is 34.1 Å². The fourth-order valence-corrected chi connectivity index (χ4v) is 12.5. The van der Waals surface area contributed by atoms with E-state index in [0.29, 0.717) is 11.8 Å². The summed E-state index contributed by atoms with van der Waals surface area (Å²) >= 11 is 0. The highest BCUT2D eigenvalue weighted by atomic mass is 15.2. The highest BCUT2D eigenvalue weighted by Crippen LogP contribution is 2.70. The first-order valence-electron chi connectivity index (χ1n) is 21.1. The number of nitrogens with zero attached hydrogens (tertiary/aromatic N) is 2. The molecule has 0 radical (unpaired) electrons. The van der Waals surface area contributed by atoms with Crippen molar-refractivity contribution in [3.8, 4) is 11.1 Å². The van der Waals surface area contributed by atoms with Crippen LogP contribution in [0.15, 0.2) is 176 Å². The van der Waals surface area contributed by atoms with Crippen molar-refractivity contribution < 1.29 is 0 Å². The van der Waals surface area contributed by atoms with Gasteiger partial charge in [-0.05, 0) is 156 Å². The second kappa shape index (κ2) is 12.7. The first-order chi connectivity index (χ1) is 28.1. The van der Waals surface area contributed by atoms with Crippen molar-refractivity contribution in [3.05, 3.63) is 193 Å². The van der Waals surface area contributed by atoms with Gasteiger partial charge in [0.1, 0.15) is 0 Å². The number of hydrogen-bond donors (Lipinski definition) is 0. The number of anilines is 6. The molecule has 276 valence electrons. The third-order valence-corrected chi connectivity index (χ3v) is 14.5. The maximum absolute atomic E-state index is 2.64. The van der Waals surface area contributed by atoms with Crippen LogP contribution in [0.3, 0.4) is 0 Å². The summed E-state index contributed by atoms with van der Waals surface area (Å²) in [6, 6.07) is 66.2. The number of rotatable bonds is 6. The second-order valence-corrected chi connectivity index (χ2v) is 17.4. The summed E-state index contributed by atoms with van der Waals surface area (Å²) in [5, 5.41) is 5.07. The molecule has 0 N–H and O–H groups in total. The van der Waals surface area contributed by atoms with E-state index in [9.17, 15) is 0 Å². The van der Waals surface area contributed by atoms with E-state index in [4.69, 9.17) is 0 Å². The molecule has 4 saturated carbocycles. The van der Waals surface area contributed by atoms with Gasteiger partial charge in [0.25, 0.3) is 0 Å². The third-order valence-electron chi connectivity index (χ3n) is 14.5. The lowest BCUT2D eigenvalue weighted by molar-refractivity contribution is -0.0399. The first kappa shape index (κ1) is 33.1. The van der Waals surface area contributed by atoms with Gasteiger partial charge in [0.15, 0.2) is 0 Å². The van der Waals surface area contributed by atoms with Gasteiger partial charge in [0.2, 0.25) is 0 Å². The lowest BCUT2D eigenvalue weighted by Crippen LogP contribution is -2.55. The Bertz CT molecular complexity index is 2810. The van der Waals surface area contributed by atoms with Crippen molar-refractivity contribution in [3.63, 3.8) is 0 Å². The number of aryl methyl sites for hydroxylation is 1. The van der Waals surface area contributed by atoms with Gasteiger partial charge in [-0.3, -0.25) is 0 Å². The average molecular weight is 735 g/mol. The summed E-state index contributed by atoms with van der Waals surface area (Å²) in [7, 11) is 0. The van der Waals surface area contributed by atoms with Crippen LogP contribution in [0, 0.1) is 30.6 Å². The molecule has 0 saturated heterocycles. The minimum Gasteiger partial charge on any atom is -0.310 e. The summed E-state index contributed by atoms with van der Waals surface area (Å²) in [5.41, 5.74) is 14.6. The van der Waals surface area contributed by atoms with Gasteiger partial charge in [0.05, 0.1) is 11.4 Å². The molecule has 0 aromatic heterocycles. The molecule has 0 atom stereocenters. The van der Waals surface area contributed by atoms with Crippen molar-refractivity contribution >= 4 is 55.7 Å². The maximum Gasteiger partial charge on any atom is 0.0540 e. The van der Waals surface area contributed by atoms with E-state index in [1.54, 1.807) is 11.1 Å². The fourth-order valence-electron chi connectivity index (χ4n) is 12.5. The molecule has 0 aliphatic heterocycles. The lowest BCUT2D eigenvalue weighted by atomic mass is 9.43. The molecule has 1 spiro atoms. The van der Waals surface area contributed by atoms with Crippen LogP contribution in [-0.2, 0) is 5.41 Å². The van der Waals surface area contributed by atoms with Gasteiger partial charge in [0, 0.05) is 38.9 Å². The van der Waals surface area contributed by atoms with E-state index in [1.807, 2.05) is 0 Å². The summed E-state index contributed by atoms with van der Waals surface area (Å²) in [6.45, 7) is 2.26. The van der Waals surface area contributed by atoms with Crippen LogP contribution in [0.5, 0.6) is 0 Å². The summed E-state index contributed by atoms with van der Waals surface area (Å²) in [4.78, 5) is 5.06. The van der Waals surface area contributed by atoms with E-state index in [0.717, 1.165) is 11.8 Å². The minimum absolute atomic E-state index is 0.0125. The molecule has 57 heavy (non-hydrogen) atoms. The molecule has 8 aromatic rings. The topological polar surface area (TPSA) is 6.48 Å². The van der Waals surface area contributed by atoms with Gasteiger partial charge < -0.3 is 9.80 Å². The Morgan fingerprint density at radius 2 is 0.877 bits per heavy atom. The van der Waals surface area contributed by atoms with Crippen molar-refractivity contribution in [2.45, 2.75) is 44.4 Å². The number of hydrogen-bond acceptors (Lipinski definition) is 2. The zero-order chi connectivity index (χ0) is 37.7. The summed E-state index contributed by atoms with van der Waals surface area (Å²) in [5.74, 6) is 3.03. The molecule has 8 aromatic carbocycles. The lowest BCUT2D eigenvalue weighted by Gasteiger charge is -2.61. The van der Waals surface area contributed by atoms with Crippen molar-refractivity contribution in [2.75, 3.05) is 9.80 Å². The smallest absolute Gasteiger partial charge is 0.0540 e. The summed E-state index contributed by atoms with van der Waals surface area (Å²) in [6.07, 6.45) is 6.81. The van der Waals surface area contributed by atoms with Crippen molar-refractivity contribution in [1.29, 1.82) is 0 Å². The zero-order valence-corrected chi connectivity index (χ0v) is 32.5. The Labute approximate surface area is 336 Å². The van der Waals surface area contributed by atoms with Crippen molar-refractivity contribution in [2.24, 2.45) is 23.7 Å². The molecule has 4 fully saturated rings. The van der Waals surface area contributed by atoms with Gasteiger partial charge in [-0.2, -0.15) is 0 Å². The maximum atomic E-state index is 2.64. The summed E-state index contributed by atoms with van der Waals surface area (Å²) < 4.78 is 0. The van der Waals surface area contributed by atoms with E-state index >= 15 is 0 Å². The molecular formula is C55H46N2. The molecule has 2 heteroatoms. The Kier molecular flexibility index (Phi) is 7.36. The van der Waals surface area contributed by atoms with Crippen LogP contribution in [0.2, 0.25) is 0 Å². The predicted molar refractivity (Wildman–Crippen MR) is 239 cm³/mol. The normalized spacial score (nSPS) is 22.5. The number of fused-ring (bicyclic) bond motifs is 5. The average Bonchev–Trinajstić information content (AvgIpc) is 3.53. The molecule has 0 unspecified atom stereocenters. The predicted octanol–water partition coefficient (Wildman–Crippen LogP) is 15.0. The number of para-hydroxylation sites is 2. The van der Waals surface area contributed by atoms with E-state index < -0.39 is 0 Å². The first-order valence-corrected chi connectivity index (χ1v) is 21.1. The number of benzene rings is 8. The van der Waals surface area contributed by atoms with E-state index in [1.165, 1.54) is 104 Å². The molecule has 0 heterocycles. The van der Waals surface area contributed by atoms with Gasteiger partial charge in [-0.1, -0.05) is 121 Å². The monoisotopic (exact) mass is 734 g/mol. The van der Waals surface area contributed by atoms with Crippen LogP contribution in [-0.4, -0.2) is 0 Å². The molecule has 2 nitrogen and oxygen atoms in total. The van der Waals surface area contributed by atoms with Crippen LogP contribution in [0.25, 0.3) is 32.7 Å². The van der Waals surface area contributed by atoms with E-state index in [2.05, 4.69) is 193 Å². The second-order valence-electron chi connectivity index (χ2n) is 17.4. The largest absolute Gasteiger partial charge is 0.310 e. The Hall–Kier alpha value is -6.12. The third kappa shape index (κ3) is 4.89. The van der Waals surface area contributed by atoms with Gasteiger partial charge in [-0.25, -0.2) is 0 Å². The van der Waals surface area contributed by atoms with E-state index in [-0.39, 0.29) is 5.41 Å². The molecular weight excluding hydrogens is 689 g/mol. The van der Waals surface area contributed by atoms with Crippen LogP contribution >= 0.6 is 0 Å². The fraction of sp³-hybridized carbons (Fsp3) is 0.200. The molecule has 5 aliphatic carbocycles. The highest BCUT2D eigenvalue weighted by molar-refractivity contribution is 6.01. The van der Waals surface area contributed by atoms with Crippen LogP contribution in [0.1, 0.15) is 48.8 Å². The molecule has 13 rings (SSSR count). The zero-order valence-electron chi connectivity index (χ0n) is 32.5. The molecule has 0 amide bonds. The van der Waals surface area contributed by atoms with Gasteiger partial charge >= 0.3 is 0 Å². The Morgan fingerprint density at radius 1 is 0.404 bits per heavy atom. The molecule has 5 aliphatic rings. The Morgan fingerprint density at radius 3 is 1.47 bits per heavy atom. The standard InChI is InChI=1S/C55H46N2/c1-36-13-5-10-22-52(36)57(54-24-12-17-40-15-7-9-21-47(40)54)45-26-28-49-48-27-25-44(34-50(48)55(51(49)35-45)41-30-37-29-38(32-41)33-42(55)31-37)56(43-18-3-2-4-19-43)53-23-11-16-39-14-6-8-20-46(39)53/h2-28,34-35,37-38,41-42H,29-33H2,1H3. The van der Waals surface area contributed by atoms with Crippen LogP contribution < -0.4 is 9.80 Å². The van der Waals surface area contributed by atoms with Crippen molar-refractivity contribution in [1.82, 2.24) is 0 Å². The quantitative estimate of drug-likeness (QED) is 0.168. The Balaban J connectivity index is 1.09.